The van der Waals surface area contributed by atoms with Crippen molar-refractivity contribution in [3.05, 3.63) is 28.0 Å². The van der Waals surface area contributed by atoms with Gasteiger partial charge < -0.3 is 9.47 Å². The zero-order valence-electron chi connectivity index (χ0n) is 12.9. The molecule has 4 aliphatic rings. The quantitative estimate of drug-likeness (QED) is 0.693. The molecule has 5 rings (SSSR count). The van der Waals surface area contributed by atoms with Crippen LogP contribution in [0.5, 0.6) is 5.75 Å². The Hall–Kier alpha value is -0.610. The second kappa shape index (κ2) is 5.48. The highest BCUT2D eigenvalue weighted by molar-refractivity contribution is 9.10. The van der Waals surface area contributed by atoms with Gasteiger partial charge in [0.15, 0.2) is 6.79 Å². The van der Waals surface area contributed by atoms with Gasteiger partial charge >= 0.3 is 0 Å². The number of hydrogen-bond donors (Lipinski definition) is 0. The first-order chi connectivity index (χ1) is 10.6. The van der Waals surface area contributed by atoms with Gasteiger partial charge in [-0.1, -0.05) is 0 Å². The SMILES string of the molecule is COCOc1c(Br)cc(F)cc1C12CC3CC(CC(C3)C1)C2. The summed E-state index contributed by atoms with van der Waals surface area (Å²) in [6, 6.07) is 3.21. The van der Waals surface area contributed by atoms with Gasteiger partial charge in [0, 0.05) is 12.7 Å². The molecule has 4 fully saturated rings. The molecule has 0 aromatic heterocycles. The lowest BCUT2D eigenvalue weighted by Crippen LogP contribution is -2.48. The lowest BCUT2D eigenvalue weighted by atomic mass is 9.48. The minimum atomic E-state index is -0.178. The van der Waals surface area contributed by atoms with Crippen molar-refractivity contribution < 1.29 is 13.9 Å². The van der Waals surface area contributed by atoms with E-state index in [2.05, 4.69) is 15.9 Å². The molecule has 120 valence electrons. The molecule has 22 heavy (non-hydrogen) atoms. The van der Waals surface area contributed by atoms with E-state index in [4.69, 9.17) is 9.47 Å². The summed E-state index contributed by atoms with van der Waals surface area (Å²) in [5.74, 6) is 3.07. The first-order valence-electron chi connectivity index (χ1n) is 8.21. The average Bonchev–Trinajstić information content (AvgIpc) is 2.44. The Morgan fingerprint density at radius 2 is 1.73 bits per heavy atom. The molecule has 0 N–H and O–H groups in total. The van der Waals surface area contributed by atoms with Gasteiger partial charge in [-0.2, -0.15) is 0 Å². The van der Waals surface area contributed by atoms with Crippen molar-refractivity contribution in [3.8, 4) is 5.75 Å². The van der Waals surface area contributed by atoms with Gasteiger partial charge in [0.05, 0.1) is 4.47 Å². The van der Waals surface area contributed by atoms with Crippen LogP contribution in [0.4, 0.5) is 4.39 Å². The zero-order chi connectivity index (χ0) is 15.3. The molecule has 4 heteroatoms. The molecule has 2 nitrogen and oxygen atoms in total. The minimum Gasteiger partial charge on any atom is -0.466 e. The summed E-state index contributed by atoms with van der Waals surface area (Å²) in [5, 5.41) is 0. The van der Waals surface area contributed by atoms with Gasteiger partial charge in [0.25, 0.3) is 0 Å². The molecular formula is C18H22BrFO2. The predicted octanol–water partition coefficient (Wildman–Crippen LogP) is 5.04. The van der Waals surface area contributed by atoms with E-state index in [0.717, 1.165) is 29.1 Å². The van der Waals surface area contributed by atoms with Gasteiger partial charge in [0.2, 0.25) is 0 Å². The predicted molar refractivity (Wildman–Crippen MR) is 86.5 cm³/mol. The van der Waals surface area contributed by atoms with E-state index in [1.807, 2.05) is 0 Å². The number of rotatable bonds is 4. The van der Waals surface area contributed by atoms with E-state index >= 15 is 0 Å². The third-order valence-corrected chi connectivity index (χ3v) is 6.53. The Bertz CT molecular complexity index is 551. The summed E-state index contributed by atoms with van der Waals surface area (Å²) in [7, 11) is 1.61. The summed E-state index contributed by atoms with van der Waals surface area (Å²) in [6.07, 6.45) is 7.71. The molecule has 0 atom stereocenters. The van der Waals surface area contributed by atoms with Crippen molar-refractivity contribution in [3.63, 3.8) is 0 Å². The van der Waals surface area contributed by atoms with E-state index in [1.54, 1.807) is 13.2 Å². The van der Waals surface area contributed by atoms with Gasteiger partial charge in [-0.3, -0.25) is 0 Å². The van der Waals surface area contributed by atoms with Crippen LogP contribution in [0, 0.1) is 23.6 Å². The monoisotopic (exact) mass is 368 g/mol. The number of benzene rings is 1. The molecule has 0 spiro atoms. The highest BCUT2D eigenvalue weighted by Gasteiger charge is 2.52. The molecule has 0 amide bonds. The van der Waals surface area contributed by atoms with Crippen molar-refractivity contribution in [2.75, 3.05) is 13.9 Å². The van der Waals surface area contributed by atoms with Crippen LogP contribution < -0.4 is 4.74 Å². The molecular weight excluding hydrogens is 347 g/mol. The minimum absolute atomic E-state index is 0.114. The van der Waals surface area contributed by atoms with Crippen molar-refractivity contribution in [1.29, 1.82) is 0 Å². The Balaban J connectivity index is 1.78. The van der Waals surface area contributed by atoms with Crippen LogP contribution in [-0.2, 0) is 10.2 Å². The fourth-order valence-electron chi connectivity index (χ4n) is 5.66. The summed E-state index contributed by atoms with van der Waals surface area (Å²) in [6.45, 7) is 0.198. The van der Waals surface area contributed by atoms with Crippen LogP contribution in [-0.4, -0.2) is 13.9 Å². The number of halogens is 2. The van der Waals surface area contributed by atoms with E-state index in [1.165, 1.54) is 44.6 Å². The van der Waals surface area contributed by atoms with E-state index < -0.39 is 0 Å². The van der Waals surface area contributed by atoms with Crippen molar-refractivity contribution >= 4 is 15.9 Å². The van der Waals surface area contributed by atoms with Crippen LogP contribution in [0.25, 0.3) is 0 Å². The van der Waals surface area contributed by atoms with Gasteiger partial charge in [-0.25, -0.2) is 4.39 Å². The highest BCUT2D eigenvalue weighted by Crippen LogP contribution is 2.62. The van der Waals surface area contributed by atoms with E-state index in [9.17, 15) is 4.39 Å². The summed E-state index contributed by atoms with van der Waals surface area (Å²) in [5.41, 5.74) is 1.18. The van der Waals surface area contributed by atoms with Crippen LogP contribution in [0.15, 0.2) is 16.6 Å². The summed E-state index contributed by atoms with van der Waals surface area (Å²) < 4.78 is 25.7. The second-order valence-electron chi connectivity index (χ2n) is 7.51. The van der Waals surface area contributed by atoms with Crippen molar-refractivity contribution in [2.24, 2.45) is 17.8 Å². The highest BCUT2D eigenvalue weighted by atomic mass is 79.9. The van der Waals surface area contributed by atoms with E-state index in [-0.39, 0.29) is 18.0 Å². The maximum absolute atomic E-state index is 14.1. The molecule has 0 heterocycles. The Morgan fingerprint density at radius 3 is 2.27 bits per heavy atom. The van der Waals surface area contributed by atoms with Crippen LogP contribution >= 0.6 is 15.9 Å². The molecule has 4 aliphatic carbocycles. The van der Waals surface area contributed by atoms with Crippen LogP contribution in [0.1, 0.15) is 44.1 Å². The Kier molecular flexibility index (Phi) is 3.73. The fraction of sp³-hybridized carbons (Fsp3) is 0.667. The molecule has 0 saturated heterocycles. The maximum Gasteiger partial charge on any atom is 0.188 e. The molecule has 1 aromatic carbocycles. The Labute approximate surface area is 139 Å². The van der Waals surface area contributed by atoms with Crippen LogP contribution in [0.2, 0.25) is 0 Å². The third-order valence-electron chi connectivity index (χ3n) is 5.94. The molecule has 0 aliphatic heterocycles. The van der Waals surface area contributed by atoms with Crippen LogP contribution in [0.3, 0.4) is 0 Å². The van der Waals surface area contributed by atoms with Gasteiger partial charge in [0.1, 0.15) is 11.6 Å². The maximum atomic E-state index is 14.1. The molecule has 1 aromatic rings. The Morgan fingerprint density at radius 1 is 1.14 bits per heavy atom. The average molecular weight is 369 g/mol. The van der Waals surface area contributed by atoms with Gasteiger partial charge in [-0.05, 0) is 89.8 Å². The molecule has 4 saturated carbocycles. The largest absolute Gasteiger partial charge is 0.466 e. The smallest absolute Gasteiger partial charge is 0.188 e. The second-order valence-corrected chi connectivity index (χ2v) is 8.37. The van der Waals surface area contributed by atoms with Crippen molar-refractivity contribution in [1.82, 2.24) is 0 Å². The van der Waals surface area contributed by atoms with E-state index in [0.29, 0.717) is 4.47 Å². The van der Waals surface area contributed by atoms with Crippen molar-refractivity contribution in [2.45, 2.75) is 43.9 Å². The first-order valence-corrected chi connectivity index (χ1v) is 9.00. The van der Waals surface area contributed by atoms with Gasteiger partial charge in [-0.15, -0.1) is 0 Å². The molecule has 0 unspecified atom stereocenters. The summed E-state index contributed by atoms with van der Waals surface area (Å²) in [4.78, 5) is 0. The topological polar surface area (TPSA) is 18.5 Å². The lowest BCUT2D eigenvalue weighted by Gasteiger charge is -2.57. The zero-order valence-corrected chi connectivity index (χ0v) is 14.5. The first kappa shape index (κ1) is 14.9. The number of methoxy groups -OCH3 is 1. The lowest BCUT2D eigenvalue weighted by molar-refractivity contribution is -0.00909. The molecule has 4 bridgehead atoms. The normalized spacial score (nSPS) is 35.9. The third kappa shape index (κ3) is 2.39. The molecule has 0 radical (unpaired) electrons. The fourth-order valence-corrected chi connectivity index (χ4v) is 6.21. The summed E-state index contributed by atoms with van der Waals surface area (Å²) >= 11 is 3.49. The standard InChI is InChI=1S/C18H22BrFO2/c1-21-10-22-17-15(5-14(20)6-16(17)19)18-7-11-2-12(8-18)4-13(3-11)9-18/h5-6,11-13H,2-4,7-10H2,1H3. The number of hydrogen-bond acceptors (Lipinski definition) is 2. The number of ether oxygens (including phenoxy) is 2.